The van der Waals surface area contributed by atoms with E-state index in [0.29, 0.717) is 34.1 Å². The third-order valence-corrected chi connectivity index (χ3v) is 5.04. The highest BCUT2D eigenvalue weighted by Gasteiger charge is 2.36. The first kappa shape index (κ1) is 16.8. The second kappa shape index (κ2) is 6.61. The van der Waals surface area contributed by atoms with Gasteiger partial charge >= 0.3 is 0 Å². The zero-order valence-electron chi connectivity index (χ0n) is 14.5. The molecule has 0 radical (unpaired) electrons. The van der Waals surface area contributed by atoms with Gasteiger partial charge in [0.25, 0.3) is 5.91 Å². The lowest BCUT2D eigenvalue weighted by Gasteiger charge is -2.23. The average Bonchev–Trinajstić information content (AvgIpc) is 3.34. The molecule has 0 saturated carbocycles. The van der Waals surface area contributed by atoms with Crippen molar-refractivity contribution in [1.29, 1.82) is 0 Å². The summed E-state index contributed by atoms with van der Waals surface area (Å²) in [5, 5.41) is 8.73. The molecule has 134 valence electrons. The Morgan fingerprint density at radius 3 is 2.77 bits per heavy atom. The number of nitrogens with zero attached hydrogens (tertiary/aromatic N) is 3. The highest BCUT2D eigenvalue weighted by atomic mass is 35.5. The molecule has 3 aromatic rings. The number of hydrogen-bond donors (Lipinski definition) is 0. The van der Waals surface area contributed by atoms with E-state index in [1.165, 1.54) is 0 Å². The number of carbonyl (C=O) groups is 1. The summed E-state index contributed by atoms with van der Waals surface area (Å²) in [7, 11) is 0. The lowest BCUT2D eigenvalue weighted by Crippen LogP contribution is -2.31. The zero-order chi connectivity index (χ0) is 18.3. The van der Waals surface area contributed by atoms with E-state index in [9.17, 15) is 4.79 Å². The average molecular weight is 372 g/mol. The summed E-state index contributed by atoms with van der Waals surface area (Å²) in [4.78, 5) is 15.2. The molecule has 0 N–H and O–H groups in total. The van der Waals surface area contributed by atoms with E-state index < -0.39 is 0 Å². The van der Waals surface area contributed by atoms with Crippen LogP contribution in [0.3, 0.4) is 0 Å². The Kier molecular flexibility index (Phi) is 4.28. The van der Waals surface area contributed by atoms with E-state index in [2.05, 4.69) is 10.3 Å². The van der Waals surface area contributed by atoms with E-state index in [0.717, 1.165) is 24.3 Å². The molecule has 0 aliphatic carbocycles. The number of hydrogen-bond acceptors (Lipinski definition) is 5. The van der Waals surface area contributed by atoms with Crippen molar-refractivity contribution in [3.8, 4) is 11.3 Å². The van der Waals surface area contributed by atoms with Gasteiger partial charge in [-0.25, -0.2) is 0 Å². The maximum absolute atomic E-state index is 13.3. The highest BCUT2D eigenvalue weighted by molar-refractivity contribution is 6.33. The number of carbonyl (C=O) groups excluding carboxylic acids is 1. The first-order chi connectivity index (χ1) is 12.6. The van der Waals surface area contributed by atoms with Gasteiger partial charge in [-0.3, -0.25) is 4.79 Å². The summed E-state index contributed by atoms with van der Waals surface area (Å²) in [6.45, 7) is 4.24. The Balaban J connectivity index is 1.73. The van der Waals surface area contributed by atoms with Gasteiger partial charge in [-0.1, -0.05) is 40.1 Å². The van der Waals surface area contributed by atoms with Crippen LogP contribution in [0, 0.1) is 13.8 Å². The smallest absolute Gasteiger partial charge is 0.260 e. The van der Waals surface area contributed by atoms with Crippen molar-refractivity contribution in [1.82, 2.24) is 15.2 Å². The van der Waals surface area contributed by atoms with Gasteiger partial charge < -0.3 is 13.9 Å². The van der Waals surface area contributed by atoms with Crippen LogP contribution in [0.4, 0.5) is 0 Å². The standard InChI is InChI=1S/C19H18ClN3O3/c1-11-10-15(21-25-11)16-8-5-9-23(16)19(24)17-12(2)26-22-18(17)13-6-3-4-7-14(13)20/h3-4,6-7,10,16H,5,8-9H2,1-2H3. The van der Waals surface area contributed by atoms with Gasteiger partial charge in [-0.2, -0.15) is 0 Å². The molecule has 4 rings (SSSR count). The van der Waals surface area contributed by atoms with Crippen molar-refractivity contribution in [2.75, 3.05) is 6.54 Å². The summed E-state index contributed by atoms with van der Waals surface area (Å²) in [5.41, 5.74) is 2.38. The fraction of sp³-hybridized carbons (Fsp3) is 0.316. The third kappa shape index (κ3) is 2.80. The number of aryl methyl sites for hydroxylation is 2. The molecule has 1 amide bonds. The Hall–Kier alpha value is -2.60. The molecule has 7 heteroatoms. The van der Waals surface area contributed by atoms with E-state index in [1.54, 1.807) is 13.0 Å². The molecule has 1 fully saturated rings. The van der Waals surface area contributed by atoms with Crippen molar-refractivity contribution in [2.45, 2.75) is 32.7 Å². The van der Waals surface area contributed by atoms with Gasteiger partial charge in [0, 0.05) is 18.2 Å². The lowest BCUT2D eigenvalue weighted by atomic mass is 10.0. The molecule has 2 aromatic heterocycles. The van der Waals surface area contributed by atoms with Crippen LogP contribution >= 0.6 is 11.6 Å². The monoisotopic (exact) mass is 371 g/mol. The van der Waals surface area contributed by atoms with E-state index in [1.807, 2.05) is 36.1 Å². The predicted octanol–water partition coefficient (Wildman–Crippen LogP) is 4.58. The number of benzene rings is 1. The minimum Gasteiger partial charge on any atom is -0.361 e. The molecule has 1 aromatic carbocycles. The highest BCUT2D eigenvalue weighted by Crippen LogP contribution is 2.36. The largest absolute Gasteiger partial charge is 0.361 e. The first-order valence-electron chi connectivity index (χ1n) is 8.51. The minimum absolute atomic E-state index is 0.103. The van der Waals surface area contributed by atoms with Crippen molar-refractivity contribution >= 4 is 17.5 Å². The zero-order valence-corrected chi connectivity index (χ0v) is 15.3. The topological polar surface area (TPSA) is 72.4 Å². The summed E-state index contributed by atoms with van der Waals surface area (Å²) < 4.78 is 10.5. The molecule has 26 heavy (non-hydrogen) atoms. The van der Waals surface area contributed by atoms with Crippen LogP contribution < -0.4 is 0 Å². The number of amides is 1. The molecule has 1 aliphatic heterocycles. The molecule has 1 unspecified atom stereocenters. The Morgan fingerprint density at radius 2 is 2.04 bits per heavy atom. The van der Waals surface area contributed by atoms with Crippen LogP contribution in [0.15, 0.2) is 39.4 Å². The van der Waals surface area contributed by atoms with Crippen LogP contribution in [0.5, 0.6) is 0 Å². The van der Waals surface area contributed by atoms with Crippen molar-refractivity contribution in [3.63, 3.8) is 0 Å². The molecule has 1 atom stereocenters. The summed E-state index contributed by atoms with van der Waals surface area (Å²) in [5.74, 6) is 1.09. The van der Waals surface area contributed by atoms with E-state index in [4.69, 9.17) is 20.6 Å². The van der Waals surface area contributed by atoms with Crippen molar-refractivity contribution in [3.05, 3.63) is 58.1 Å². The Morgan fingerprint density at radius 1 is 1.23 bits per heavy atom. The van der Waals surface area contributed by atoms with Crippen LogP contribution in [0.2, 0.25) is 5.02 Å². The van der Waals surface area contributed by atoms with Crippen LogP contribution in [-0.4, -0.2) is 27.7 Å². The predicted molar refractivity (Wildman–Crippen MR) is 95.9 cm³/mol. The lowest BCUT2D eigenvalue weighted by molar-refractivity contribution is 0.0729. The van der Waals surface area contributed by atoms with Crippen LogP contribution in [-0.2, 0) is 0 Å². The number of aromatic nitrogens is 2. The molecule has 3 heterocycles. The van der Waals surface area contributed by atoms with Gasteiger partial charge in [0.2, 0.25) is 0 Å². The van der Waals surface area contributed by atoms with E-state index in [-0.39, 0.29) is 11.9 Å². The van der Waals surface area contributed by atoms with Gasteiger partial charge in [0.05, 0.1) is 11.1 Å². The molecule has 6 nitrogen and oxygen atoms in total. The quantitative estimate of drug-likeness (QED) is 0.673. The fourth-order valence-electron chi connectivity index (χ4n) is 3.46. The van der Waals surface area contributed by atoms with Crippen molar-refractivity contribution < 1.29 is 13.8 Å². The summed E-state index contributed by atoms with van der Waals surface area (Å²) in [6, 6.07) is 9.07. The van der Waals surface area contributed by atoms with Gasteiger partial charge in [-0.05, 0) is 32.8 Å². The normalized spacial score (nSPS) is 17.0. The first-order valence-corrected chi connectivity index (χ1v) is 8.89. The van der Waals surface area contributed by atoms with Gasteiger partial charge in [0.1, 0.15) is 28.5 Å². The maximum atomic E-state index is 13.3. The number of rotatable bonds is 3. The maximum Gasteiger partial charge on any atom is 0.260 e. The molecule has 0 bridgehead atoms. The van der Waals surface area contributed by atoms with Gasteiger partial charge in [0.15, 0.2) is 0 Å². The summed E-state index contributed by atoms with van der Waals surface area (Å²) >= 11 is 6.30. The molecule has 1 saturated heterocycles. The molecule has 1 aliphatic rings. The molecular weight excluding hydrogens is 354 g/mol. The van der Waals surface area contributed by atoms with Crippen molar-refractivity contribution in [2.24, 2.45) is 0 Å². The van der Waals surface area contributed by atoms with Gasteiger partial charge in [-0.15, -0.1) is 0 Å². The fourth-order valence-corrected chi connectivity index (χ4v) is 3.69. The molecular formula is C19H18ClN3O3. The number of likely N-dealkylation sites (tertiary alicyclic amines) is 1. The van der Waals surface area contributed by atoms with E-state index >= 15 is 0 Å². The minimum atomic E-state index is -0.123. The number of halogens is 1. The SMILES string of the molecule is Cc1cc(C2CCCN2C(=O)c2c(-c3ccccc3Cl)noc2C)no1. The van der Waals surface area contributed by atoms with Crippen LogP contribution in [0.25, 0.3) is 11.3 Å². The molecule has 0 spiro atoms. The van der Waals surface area contributed by atoms with Crippen LogP contribution in [0.1, 0.15) is 46.5 Å². The Labute approximate surface area is 155 Å². The summed E-state index contributed by atoms with van der Waals surface area (Å²) in [6.07, 6.45) is 1.76. The Bertz CT molecular complexity index is 963. The third-order valence-electron chi connectivity index (χ3n) is 4.71. The second-order valence-corrected chi connectivity index (χ2v) is 6.87. The second-order valence-electron chi connectivity index (χ2n) is 6.46.